The van der Waals surface area contributed by atoms with Crippen LogP contribution in [0.15, 0.2) is 30.3 Å². The molecule has 1 aliphatic carbocycles. The molecule has 3 N–H and O–H groups in total. The van der Waals surface area contributed by atoms with Gasteiger partial charge < -0.3 is 16.0 Å². The summed E-state index contributed by atoms with van der Waals surface area (Å²) >= 11 is 0. The number of carbonyl (C=O) groups excluding carboxylic acids is 2. The molecule has 1 saturated carbocycles. The zero-order valence-corrected chi connectivity index (χ0v) is 13.6. The average Bonchev–Trinajstić information content (AvgIpc) is 3.36. The molecule has 0 spiro atoms. The molecule has 0 unspecified atom stereocenters. The Morgan fingerprint density at radius 2 is 1.87 bits per heavy atom. The standard InChI is InChI=1S/C18H25N3O2/c1-12(15-11-16(15)13-5-3-2-4-6-13)20-18(23)21-9-7-14(8-10-21)17(19)22/h2-6,12,14-16H,7-11H2,1H3,(H2,19,22)(H,20,23)/t12-,15-,16+/m0/s1. The molecule has 3 atom stereocenters. The Morgan fingerprint density at radius 1 is 1.22 bits per heavy atom. The molecule has 124 valence electrons. The summed E-state index contributed by atoms with van der Waals surface area (Å²) in [5.41, 5.74) is 6.69. The second-order valence-electron chi connectivity index (χ2n) is 6.82. The molecule has 3 amide bonds. The highest BCUT2D eigenvalue weighted by atomic mass is 16.2. The number of nitrogens with one attached hydrogen (secondary N) is 1. The van der Waals surface area contributed by atoms with Gasteiger partial charge in [0, 0.05) is 25.0 Å². The lowest BCUT2D eigenvalue weighted by Crippen LogP contribution is -2.49. The number of amides is 3. The van der Waals surface area contributed by atoms with Crippen LogP contribution in [0.3, 0.4) is 0 Å². The molecule has 1 aromatic rings. The first-order valence-electron chi connectivity index (χ1n) is 8.46. The third-order valence-electron chi connectivity index (χ3n) is 5.25. The number of hydrogen-bond donors (Lipinski definition) is 2. The van der Waals surface area contributed by atoms with Crippen molar-refractivity contribution in [2.45, 2.75) is 38.1 Å². The highest BCUT2D eigenvalue weighted by molar-refractivity contribution is 5.78. The van der Waals surface area contributed by atoms with E-state index < -0.39 is 0 Å². The van der Waals surface area contributed by atoms with Crippen LogP contribution in [-0.4, -0.2) is 36.0 Å². The maximum Gasteiger partial charge on any atom is 0.317 e. The van der Waals surface area contributed by atoms with Gasteiger partial charge in [0.25, 0.3) is 0 Å². The van der Waals surface area contributed by atoms with Crippen molar-refractivity contribution in [2.24, 2.45) is 17.6 Å². The van der Waals surface area contributed by atoms with E-state index in [0.29, 0.717) is 37.8 Å². The lowest BCUT2D eigenvalue weighted by molar-refractivity contribution is -0.123. The van der Waals surface area contributed by atoms with Crippen LogP contribution in [-0.2, 0) is 4.79 Å². The van der Waals surface area contributed by atoms with Gasteiger partial charge in [0.1, 0.15) is 0 Å². The minimum Gasteiger partial charge on any atom is -0.369 e. The van der Waals surface area contributed by atoms with Gasteiger partial charge in [-0.1, -0.05) is 30.3 Å². The summed E-state index contributed by atoms with van der Waals surface area (Å²) in [6, 6.07) is 10.6. The number of nitrogens with zero attached hydrogens (tertiary/aromatic N) is 1. The number of primary amides is 1. The maximum atomic E-state index is 12.4. The van der Waals surface area contributed by atoms with Crippen molar-refractivity contribution < 1.29 is 9.59 Å². The topological polar surface area (TPSA) is 75.4 Å². The molecule has 23 heavy (non-hydrogen) atoms. The number of piperidine rings is 1. The molecule has 1 aromatic carbocycles. The second kappa shape index (κ2) is 6.60. The largest absolute Gasteiger partial charge is 0.369 e. The third-order valence-corrected chi connectivity index (χ3v) is 5.25. The van der Waals surface area contributed by atoms with Gasteiger partial charge in [-0.25, -0.2) is 4.79 Å². The van der Waals surface area contributed by atoms with Gasteiger partial charge >= 0.3 is 6.03 Å². The van der Waals surface area contributed by atoms with Gasteiger partial charge in [0.2, 0.25) is 5.91 Å². The first-order valence-corrected chi connectivity index (χ1v) is 8.46. The normalized spacial score (nSPS) is 25.7. The van der Waals surface area contributed by atoms with E-state index >= 15 is 0 Å². The molecule has 1 aliphatic heterocycles. The molecule has 5 nitrogen and oxygen atoms in total. The molecule has 3 rings (SSSR count). The number of likely N-dealkylation sites (tertiary alicyclic amines) is 1. The predicted octanol–water partition coefficient (Wildman–Crippen LogP) is 2.09. The van der Waals surface area contributed by atoms with Crippen molar-refractivity contribution in [3.63, 3.8) is 0 Å². The maximum absolute atomic E-state index is 12.4. The minimum atomic E-state index is -0.248. The Morgan fingerprint density at radius 3 is 2.48 bits per heavy atom. The smallest absolute Gasteiger partial charge is 0.317 e. The Labute approximate surface area is 137 Å². The molecule has 0 aromatic heterocycles. The predicted molar refractivity (Wildman–Crippen MR) is 88.8 cm³/mol. The molecule has 2 fully saturated rings. The summed E-state index contributed by atoms with van der Waals surface area (Å²) in [5, 5.41) is 3.13. The van der Waals surface area contributed by atoms with Crippen molar-refractivity contribution >= 4 is 11.9 Å². The van der Waals surface area contributed by atoms with Crippen LogP contribution in [0.4, 0.5) is 4.79 Å². The number of benzene rings is 1. The van der Waals surface area contributed by atoms with Crippen LogP contribution in [0.25, 0.3) is 0 Å². The summed E-state index contributed by atoms with van der Waals surface area (Å²) in [6.45, 7) is 3.31. The van der Waals surface area contributed by atoms with Crippen LogP contribution in [0.2, 0.25) is 0 Å². The number of hydrogen-bond acceptors (Lipinski definition) is 2. The average molecular weight is 315 g/mol. The summed E-state index contributed by atoms with van der Waals surface area (Å²) in [4.78, 5) is 25.3. The van der Waals surface area contributed by atoms with Gasteiger partial charge in [-0.2, -0.15) is 0 Å². The van der Waals surface area contributed by atoms with E-state index in [0.717, 1.165) is 6.42 Å². The van der Waals surface area contributed by atoms with Crippen molar-refractivity contribution in [3.05, 3.63) is 35.9 Å². The number of rotatable bonds is 4. The van der Waals surface area contributed by atoms with Crippen molar-refractivity contribution in [3.8, 4) is 0 Å². The zero-order valence-electron chi connectivity index (χ0n) is 13.6. The number of urea groups is 1. The van der Waals surface area contributed by atoms with E-state index in [1.165, 1.54) is 5.56 Å². The number of carbonyl (C=O) groups is 2. The van der Waals surface area contributed by atoms with Gasteiger partial charge in [0.15, 0.2) is 0 Å². The van der Waals surface area contributed by atoms with Crippen LogP contribution in [0, 0.1) is 11.8 Å². The fraction of sp³-hybridized carbons (Fsp3) is 0.556. The quantitative estimate of drug-likeness (QED) is 0.892. The van der Waals surface area contributed by atoms with Crippen molar-refractivity contribution in [1.82, 2.24) is 10.2 Å². The first kappa shape index (κ1) is 15.8. The molecule has 1 heterocycles. The van der Waals surface area contributed by atoms with Gasteiger partial charge in [-0.3, -0.25) is 4.79 Å². The van der Waals surface area contributed by atoms with Crippen LogP contribution in [0.1, 0.15) is 37.7 Å². The molecular weight excluding hydrogens is 290 g/mol. The van der Waals surface area contributed by atoms with Gasteiger partial charge in [-0.05, 0) is 43.6 Å². The highest BCUT2D eigenvalue weighted by Gasteiger charge is 2.42. The summed E-state index contributed by atoms with van der Waals surface area (Å²) in [6.07, 6.45) is 2.48. The summed E-state index contributed by atoms with van der Waals surface area (Å²) < 4.78 is 0. The lowest BCUT2D eigenvalue weighted by Gasteiger charge is -2.31. The Kier molecular flexibility index (Phi) is 4.55. The van der Waals surface area contributed by atoms with E-state index in [1.807, 2.05) is 6.07 Å². The van der Waals surface area contributed by atoms with Crippen LogP contribution >= 0.6 is 0 Å². The Bertz CT molecular complexity index is 567. The number of nitrogens with two attached hydrogens (primary N) is 1. The van der Waals surface area contributed by atoms with Gasteiger partial charge in [0.05, 0.1) is 0 Å². The van der Waals surface area contributed by atoms with Gasteiger partial charge in [-0.15, -0.1) is 0 Å². The zero-order chi connectivity index (χ0) is 16.4. The SMILES string of the molecule is C[C@H](NC(=O)N1CCC(C(N)=O)CC1)[C@@H]1C[C@@H]1c1ccccc1. The molecule has 5 heteroatoms. The monoisotopic (exact) mass is 315 g/mol. The fourth-order valence-corrected chi connectivity index (χ4v) is 3.61. The molecule has 1 saturated heterocycles. The summed E-state index contributed by atoms with van der Waals surface area (Å²) in [7, 11) is 0. The van der Waals surface area contributed by atoms with Crippen molar-refractivity contribution in [2.75, 3.05) is 13.1 Å². The van der Waals surface area contributed by atoms with Crippen LogP contribution in [0.5, 0.6) is 0 Å². The third kappa shape index (κ3) is 3.66. The minimum absolute atomic E-state index is 0.0147. The molecule has 2 aliphatic rings. The van der Waals surface area contributed by atoms with E-state index in [9.17, 15) is 9.59 Å². The molecule has 0 radical (unpaired) electrons. The van der Waals surface area contributed by atoms with E-state index in [1.54, 1.807) is 4.90 Å². The van der Waals surface area contributed by atoms with Crippen molar-refractivity contribution in [1.29, 1.82) is 0 Å². The Hall–Kier alpha value is -2.04. The summed E-state index contributed by atoms with van der Waals surface area (Å²) in [5.74, 6) is 0.751. The molecule has 0 bridgehead atoms. The Balaban J connectivity index is 1.47. The second-order valence-corrected chi connectivity index (χ2v) is 6.82. The van der Waals surface area contributed by atoms with E-state index in [2.05, 4.69) is 36.5 Å². The van der Waals surface area contributed by atoms with Crippen LogP contribution < -0.4 is 11.1 Å². The lowest BCUT2D eigenvalue weighted by atomic mass is 9.96. The van der Waals surface area contributed by atoms with E-state index in [4.69, 9.17) is 5.73 Å². The molecular formula is C18H25N3O2. The fourth-order valence-electron chi connectivity index (χ4n) is 3.61. The highest BCUT2D eigenvalue weighted by Crippen LogP contribution is 2.49. The van der Waals surface area contributed by atoms with E-state index in [-0.39, 0.29) is 23.9 Å². The first-order chi connectivity index (χ1) is 11.1.